The summed E-state index contributed by atoms with van der Waals surface area (Å²) in [5, 5.41) is 26.6. The summed E-state index contributed by atoms with van der Waals surface area (Å²) in [4.78, 5) is 8.50. The van der Waals surface area contributed by atoms with Crippen LogP contribution in [0.3, 0.4) is 0 Å². The first-order valence-electron chi connectivity index (χ1n) is 9.41. The van der Waals surface area contributed by atoms with Crippen molar-refractivity contribution in [2.24, 2.45) is 0 Å². The third-order valence-electron chi connectivity index (χ3n) is 5.06. The molecule has 0 aliphatic rings. The van der Waals surface area contributed by atoms with Crippen LogP contribution in [-0.2, 0) is 0 Å². The second-order valence-electron chi connectivity index (χ2n) is 7.03. The molecule has 4 aromatic rings. The lowest BCUT2D eigenvalue weighted by molar-refractivity contribution is 0.0995. The smallest absolute Gasteiger partial charge is 0.137 e. The Morgan fingerprint density at radius 3 is 2.56 bits per heavy atom. The summed E-state index contributed by atoms with van der Waals surface area (Å²) in [6.07, 6.45) is 1.47. The zero-order chi connectivity index (χ0) is 22.0. The second-order valence-corrected chi connectivity index (χ2v) is 7.92. The molecule has 2 aromatic heterocycles. The molecule has 2 aromatic carbocycles. The molecule has 2 heterocycles. The average Bonchev–Trinajstić information content (AvgIpc) is 3.48. The van der Waals surface area contributed by atoms with Crippen molar-refractivity contribution in [2.45, 2.75) is 25.0 Å². The lowest BCUT2D eigenvalue weighted by Crippen LogP contribution is -2.31. The van der Waals surface area contributed by atoms with E-state index in [0.29, 0.717) is 16.3 Å². The van der Waals surface area contributed by atoms with Gasteiger partial charge in [-0.1, -0.05) is 19.1 Å². The van der Waals surface area contributed by atoms with Gasteiger partial charge in [0.1, 0.15) is 30.3 Å². The number of aliphatic hydroxyl groups is 1. The molecule has 3 atom stereocenters. The highest BCUT2D eigenvalue weighted by Gasteiger charge is 2.33. The fraction of sp³-hybridized carbons (Fsp3) is 0.182. The van der Waals surface area contributed by atoms with Gasteiger partial charge in [0, 0.05) is 22.4 Å². The van der Waals surface area contributed by atoms with E-state index < -0.39 is 29.7 Å². The lowest BCUT2D eigenvalue weighted by Gasteiger charge is -2.27. The largest absolute Gasteiger partial charge is 0.390 e. The standard InChI is InChI=1S/C22H17F2N5OS.BrH/c1-13(22-28-19(10-31-22)15-4-2-14(9-25)3-5-15)21(30)20(29-12-26-11-27-29)17-8-16(23)6-7-18(17)24;/h2-8,10-13,20-21,30H,1H3;1H. The number of nitrogens with zero attached hydrogens (tertiary/aromatic N) is 5. The number of thiazole rings is 1. The van der Waals surface area contributed by atoms with Gasteiger partial charge in [0.25, 0.3) is 0 Å². The molecule has 0 fully saturated rings. The number of rotatable bonds is 6. The molecule has 0 bridgehead atoms. The van der Waals surface area contributed by atoms with Crippen molar-refractivity contribution < 1.29 is 13.9 Å². The maximum atomic E-state index is 14.5. The van der Waals surface area contributed by atoms with E-state index in [4.69, 9.17) is 5.26 Å². The van der Waals surface area contributed by atoms with Gasteiger partial charge in [0.15, 0.2) is 0 Å². The molecular weight excluding hydrogens is 500 g/mol. The first-order chi connectivity index (χ1) is 15.0. The number of aliphatic hydroxyl groups excluding tert-OH is 1. The van der Waals surface area contributed by atoms with Crippen LogP contribution in [0.4, 0.5) is 8.78 Å². The first kappa shape index (κ1) is 23.7. The highest BCUT2D eigenvalue weighted by atomic mass is 79.9. The number of halogens is 3. The molecule has 3 unspecified atom stereocenters. The van der Waals surface area contributed by atoms with Crippen molar-refractivity contribution in [3.05, 3.63) is 88.3 Å². The maximum absolute atomic E-state index is 14.5. The Balaban J connectivity index is 0.00000289. The third kappa shape index (κ3) is 4.75. The third-order valence-corrected chi connectivity index (χ3v) is 6.10. The number of nitriles is 1. The van der Waals surface area contributed by atoms with E-state index in [1.54, 1.807) is 31.2 Å². The molecule has 10 heteroatoms. The molecule has 0 aliphatic heterocycles. The Hall–Kier alpha value is -3.00. The summed E-state index contributed by atoms with van der Waals surface area (Å²) in [5.74, 6) is -1.77. The Kier molecular flexibility index (Phi) is 7.45. The fourth-order valence-corrected chi connectivity index (χ4v) is 4.28. The van der Waals surface area contributed by atoms with E-state index in [9.17, 15) is 13.9 Å². The molecule has 1 N–H and O–H groups in total. The fourth-order valence-electron chi connectivity index (χ4n) is 3.35. The van der Waals surface area contributed by atoms with Crippen LogP contribution in [0.2, 0.25) is 0 Å². The van der Waals surface area contributed by atoms with Crippen LogP contribution in [0.1, 0.15) is 35.0 Å². The Labute approximate surface area is 197 Å². The van der Waals surface area contributed by atoms with Gasteiger partial charge in [-0.05, 0) is 30.3 Å². The van der Waals surface area contributed by atoms with Crippen molar-refractivity contribution in [3.63, 3.8) is 0 Å². The molecule has 164 valence electrons. The Morgan fingerprint density at radius 1 is 1.16 bits per heavy atom. The highest BCUT2D eigenvalue weighted by Crippen LogP contribution is 2.35. The number of hydrogen-bond acceptors (Lipinski definition) is 6. The van der Waals surface area contributed by atoms with Crippen LogP contribution < -0.4 is 0 Å². The molecule has 0 amide bonds. The molecule has 0 spiro atoms. The van der Waals surface area contributed by atoms with Gasteiger partial charge in [-0.3, -0.25) is 0 Å². The number of aromatic nitrogens is 4. The van der Waals surface area contributed by atoms with Crippen molar-refractivity contribution in [1.82, 2.24) is 19.7 Å². The molecule has 4 rings (SSSR count). The van der Waals surface area contributed by atoms with Crippen LogP contribution in [-0.4, -0.2) is 31.0 Å². The monoisotopic (exact) mass is 517 g/mol. The van der Waals surface area contributed by atoms with E-state index in [0.717, 1.165) is 23.8 Å². The summed E-state index contributed by atoms with van der Waals surface area (Å²) in [7, 11) is 0. The van der Waals surface area contributed by atoms with Crippen LogP contribution >= 0.6 is 28.3 Å². The zero-order valence-corrected chi connectivity index (χ0v) is 19.3. The molecule has 6 nitrogen and oxygen atoms in total. The van der Waals surface area contributed by atoms with Crippen LogP contribution in [0.15, 0.2) is 60.5 Å². The molecule has 0 saturated carbocycles. The van der Waals surface area contributed by atoms with Gasteiger partial charge >= 0.3 is 0 Å². The van der Waals surface area contributed by atoms with Crippen LogP contribution in [0, 0.1) is 23.0 Å². The SMILES string of the molecule is Br.CC(c1nc(-c2ccc(C#N)cc2)cs1)C(O)C(c1cc(F)ccc1F)n1cncn1. The average molecular weight is 518 g/mol. The quantitative estimate of drug-likeness (QED) is 0.393. The van der Waals surface area contributed by atoms with Crippen molar-refractivity contribution >= 4 is 28.3 Å². The van der Waals surface area contributed by atoms with Gasteiger partial charge < -0.3 is 5.11 Å². The van der Waals surface area contributed by atoms with E-state index in [1.165, 1.54) is 28.7 Å². The van der Waals surface area contributed by atoms with Crippen molar-refractivity contribution in [3.8, 4) is 17.3 Å². The van der Waals surface area contributed by atoms with Crippen LogP contribution in [0.25, 0.3) is 11.3 Å². The molecule has 0 radical (unpaired) electrons. The summed E-state index contributed by atoms with van der Waals surface area (Å²) >= 11 is 1.36. The second kappa shape index (κ2) is 10.1. The van der Waals surface area contributed by atoms with E-state index >= 15 is 0 Å². The van der Waals surface area contributed by atoms with Gasteiger partial charge in [0.05, 0.1) is 28.4 Å². The molecular formula is C22H18BrF2N5OS. The predicted octanol–water partition coefficient (Wildman–Crippen LogP) is 4.88. The normalized spacial score (nSPS) is 13.6. The van der Waals surface area contributed by atoms with Gasteiger partial charge in [-0.25, -0.2) is 23.4 Å². The Bertz CT molecular complexity index is 1220. The van der Waals surface area contributed by atoms with E-state index in [1.807, 2.05) is 5.38 Å². The number of benzene rings is 2. The van der Waals surface area contributed by atoms with Gasteiger partial charge in [-0.15, -0.1) is 28.3 Å². The zero-order valence-electron chi connectivity index (χ0n) is 16.8. The van der Waals surface area contributed by atoms with Crippen molar-refractivity contribution in [2.75, 3.05) is 0 Å². The Morgan fingerprint density at radius 2 is 1.91 bits per heavy atom. The minimum Gasteiger partial charge on any atom is -0.390 e. The summed E-state index contributed by atoms with van der Waals surface area (Å²) in [5.41, 5.74) is 2.08. The summed E-state index contributed by atoms with van der Waals surface area (Å²) in [6.45, 7) is 1.77. The maximum Gasteiger partial charge on any atom is 0.137 e. The molecule has 0 saturated heterocycles. The minimum absolute atomic E-state index is 0. The summed E-state index contributed by atoms with van der Waals surface area (Å²) in [6, 6.07) is 11.2. The van der Waals surface area contributed by atoms with Crippen molar-refractivity contribution in [1.29, 1.82) is 5.26 Å². The summed E-state index contributed by atoms with van der Waals surface area (Å²) < 4.78 is 29.7. The first-order valence-corrected chi connectivity index (χ1v) is 10.3. The highest BCUT2D eigenvalue weighted by molar-refractivity contribution is 8.93. The topological polar surface area (TPSA) is 87.6 Å². The van der Waals surface area contributed by atoms with Crippen LogP contribution in [0.5, 0.6) is 0 Å². The predicted molar refractivity (Wildman–Crippen MR) is 122 cm³/mol. The van der Waals surface area contributed by atoms with Gasteiger partial charge in [-0.2, -0.15) is 10.4 Å². The van der Waals surface area contributed by atoms with E-state index in [2.05, 4.69) is 21.1 Å². The minimum atomic E-state index is -1.15. The molecule has 0 aliphatic carbocycles. The van der Waals surface area contributed by atoms with E-state index in [-0.39, 0.29) is 22.5 Å². The molecule has 32 heavy (non-hydrogen) atoms. The number of hydrogen-bond donors (Lipinski definition) is 1. The van der Waals surface area contributed by atoms with Gasteiger partial charge in [0.2, 0.25) is 0 Å². The lowest BCUT2D eigenvalue weighted by atomic mass is 9.92.